The van der Waals surface area contributed by atoms with Crippen LogP contribution in [0.3, 0.4) is 0 Å². The van der Waals surface area contributed by atoms with Gasteiger partial charge in [-0.3, -0.25) is 4.79 Å². The van der Waals surface area contributed by atoms with Crippen LogP contribution in [-0.4, -0.2) is 44.8 Å². The maximum Gasteiger partial charge on any atom is 0.340 e. The first kappa shape index (κ1) is 21.1. The van der Waals surface area contributed by atoms with Crippen LogP contribution in [-0.2, 0) is 9.47 Å². The van der Waals surface area contributed by atoms with Gasteiger partial charge in [0.15, 0.2) is 0 Å². The number of halogens is 1. The van der Waals surface area contributed by atoms with Crippen LogP contribution in [0.15, 0.2) is 36.4 Å². The molecular formula is C22H25ClN2O4. The van der Waals surface area contributed by atoms with E-state index in [1.807, 2.05) is 26.0 Å². The quantitative estimate of drug-likeness (QED) is 0.711. The van der Waals surface area contributed by atoms with Crippen molar-refractivity contribution < 1.29 is 19.1 Å². The molecule has 1 aliphatic heterocycles. The molecule has 29 heavy (non-hydrogen) atoms. The molecule has 1 heterocycles. The van der Waals surface area contributed by atoms with E-state index < -0.39 is 5.97 Å². The van der Waals surface area contributed by atoms with E-state index in [1.165, 1.54) is 0 Å². The Labute approximate surface area is 175 Å². The summed E-state index contributed by atoms with van der Waals surface area (Å²) in [5, 5.41) is 3.21. The van der Waals surface area contributed by atoms with Crippen molar-refractivity contribution in [1.82, 2.24) is 0 Å². The number of hydrogen-bond acceptors (Lipinski definition) is 5. The Kier molecular flexibility index (Phi) is 7.12. The number of anilines is 2. The first-order chi connectivity index (χ1) is 14.0. The Morgan fingerprint density at radius 1 is 1.14 bits per heavy atom. The van der Waals surface area contributed by atoms with Crippen molar-refractivity contribution in [2.75, 3.05) is 43.1 Å². The lowest BCUT2D eigenvalue weighted by Gasteiger charge is -2.30. The van der Waals surface area contributed by atoms with Gasteiger partial charge in [0, 0.05) is 18.8 Å². The fraction of sp³-hybridized carbons (Fsp3) is 0.364. The maximum atomic E-state index is 12.7. The molecule has 1 aliphatic rings. The summed E-state index contributed by atoms with van der Waals surface area (Å²) in [5.74, 6) is -0.736. The van der Waals surface area contributed by atoms with Gasteiger partial charge in [0.25, 0.3) is 5.91 Å². The molecule has 154 valence electrons. The molecule has 3 rings (SSSR count). The van der Waals surface area contributed by atoms with Gasteiger partial charge in [-0.25, -0.2) is 4.79 Å². The molecule has 0 radical (unpaired) electrons. The first-order valence-corrected chi connectivity index (χ1v) is 10.1. The number of esters is 1. The molecule has 7 heteroatoms. The minimum Gasteiger partial charge on any atom is -0.462 e. The molecule has 1 N–H and O–H groups in total. The predicted octanol–water partition coefficient (Wildman–Crippen LogP) is 4.30. The Balaban J connectivity index is 1.87. The molecule has 1 fully saturated rings. The van der Waals surface area contributed by atoms with Crippen LogP contribution in [0.25, 0.3) is 0 Å². The van der Waals surface area contributed by atoms with Gasteiger partial charge in [-0.15, -0.1) is 0 Å². The third-order valence-corrected chi connectivity index (χ3v) is 4.95. The zero-order chi connectivity index (χ0) is 20.8. The number of nitrogens with zero attached hydrogens (tertiary/aromatic N) is 1. The SMILES string of the molecule is CCCOC(=O)c1cc(NC(=O)c2ccc(C)cc2Cl)ccc1N1CCOCC1. The second-order valence-electron chi connectivity index (χ2n) is 6.90. The molecule has 2 aromatic rings. The van der Waals surface area contributed by atoms with Crippen LogP contribution in [0.4, 0.5) is 11.4 Å². The van der Waals surface area contributed by atoms with Crippen LogP contribution in [0.2, 0.25) is 5.02 Å². The molecule has 0 unspecified atom stereocenters. The fourth-order valence-corrected chi connectivity index (χ4v) is 3.45. The van der Waals surface area contributed by atoms with Gasteiger partial charge in [-0.1, -0.05) is 24.6 Å². The number of hydrogen-bond donors (Lipinski definition) is 1. The van der Waals surface area contributed by atoms with Gasteiger partial charge in [0.05, 0.1) is 41.7 Å². The minimum absolute atomic E-state index is 0.331. The molecule has 0 aromatic heterocycles. The Hall–Kier alpha value is -2.57. The smallest absolute Gasteiger partial charge is 0.340 e. The van der Waals surface area contributed by atoms with Gasteiger partial charge in [0.2, 0.25) is 0 Å². The molecule has 0 bridgehead atoms. The van der Waals surface area contributed by atoms with Crippen molar-refractivity contribution in [2.24, 2.45) is 0 Å². The van der Waals surface area contributed by atoms with Crippen LogP contribution >= 0.6 is 11.6 Å². The van der Waals surface area contributed by atoms with E-state index in [9.17, 15) is 9.59 Å². The Bertz CT molecular complexity index is 894. The van der Waals surface area contributed by atoms with E-state index in [4.69, 9.17) is 21.1 Å². The number of carbonyl (C=O) groups excluding carboxylic acids is 2. The van der Waals surface area contributed by atoms with Crippen LogP contribution in [0.5, 0.6) is 0 Å². The molecule has 1 saturated heterocycles. The van der Waals surface area contributed by atoms with Gasteiger partial charge < -0.3 is 19.7 Å². The average molecular weight is 417 g/mol. The second-order valence-corrected chi connectivity index (χ2v) is 7.31. The van der Waals surface area contributed by atoms with Gasteiger partial charge in [-0.05, 0) is 49.2 Å². The van der Waals surface area contributed by atoms with Crippen molar-refractivity contribution in [2.45, 2.75) is 20.3 Å². The Morgan fingerprint density at radius 3 is 2.59 bits per heavy atom. The first-order valence-electron chi connectivity index (χ1n) is 9.71. The van der Waals surface area contributed by atoms with E-state index in [0.29, 0.717) is 54.7 Å². The van der Waals surface area contributed by atoms with E-state index in [2.05, 4.69) is 10.2 Å². The highest BCUT2D eigenvalue weighted by molar-refractivity contribution is 6.34. The summed E-state index contributed by atoms with van der Waals surface area (Å²) in [7, 11) is 0. The standard InChI is InChI=1S/C22H25ClN2O4/c1-3-10-29-22(27)18-14-16(5-7-20(18)25-8-11-28-12-9-25)24-21(26)17-6-4-15(2)13-19(17)23/h4-7,13-14H,3,8-12H2,1-2H3,(H,24,26). The topological polar surface area (TPSA) is 67.9 Å². The summed E-state index contributed by atoms with van der Waals surface area (Å²) < 4.78 is 10.8. The lowest BCUT2D eigenvalue weighted by atomic mass is 10.1. The number of carbonyl (C=O) groups is 2. The number of ether oxygens (including phenoxy) is 2. The summed E-state index contributed by atoms with van der Waals surface area (Å²) in [6.45, 7) is 6.79. The molecule has 0 saturated carbocycles. The molecule has 0 aliphatic carbocycles. The normalized spacial score (nSPS) is 13.8. The van der Waals surface area contributed by atoms with Crippen molar-refractivity contribution in [3.8, 4) is 0 Å². The van der Waals surface area contributed by atoms with E-state index in [1.54, 1.807) is 24.3 Å². The lowest BCUT2D eigenvalue weighted by Crippen LogP contribution is -2.37. The highest BCUT2D eigenvalue weighted by Gasteiger charge is 2.21. The van der Waals surface area contributed by atoms with Crippen molar-refractivity contribution in [3.63, 3.8) is 0 Å². The average Bonchev–Trinajstić information content (AvgIpc) is 2.72. The van der Waals surface area contributed by atoms with Gasteiger partial charge in [-0.2, -0.15) is 0 Å². The van der Waals surface area contributed by atoms with Crippen molar-refractivity contribution in [1.29, 1.82) is 0 Å². The summed E-state index contributed by atoms with van der Waals surface area (Å²) in [6, 6.07) is 10.5. The number of aryl methyl sites for hydroxylation is 1. The second kappa shape index (κ2) is 9.76. The molecule has 0 atom stereocenters. The fourth-order valence-electron chi connectivity index (χ4n) is 3.13. The third kappa shape index (κ3) is 5.28. The van der Waals surface area contributed by atoms with E-state index >= 15 is 0 Å². The minimum atomic E-state index is -0.405. The largest absolute Gasteiger partial charge is 0.462 e. The van der Waals surface area contributed by atoms with Crippen molar-refractivity contribution >= 4 is 34.9 Å². The van der Waals surface area contributed by atoms with Crippen LogP contribution < -0.4 is 10.2 Å². The summed E-state index contributed by atoms with van der Waals surface area (Å²) >= 11 is 6.20. The highest BCUT2D eigenvalue weighted by atomic mass is 35.5. The van der Waals surface area contributed by atoms with E-state index in [-0.39, 0.29) is 5.91 Å². The predicted molar refractivity (Wildman–Crippen MR) is 114 cm³/mol. The molecule has 0 spiro atoms. The lowest BCUT2D eigenvalue weighted by molar-refractivity contribution is 0.0504. The van der Waals surface area contributed by atoms with Gasteiger partial charge in [0.1, 0.15) is 0 Å². The van der Waals surface area contributed by atoms with Crippen LogP contribution in [0.1, 0.15) is 39.6 Å². The van der Waals surface area contributed by atoms with Gasteiger partial charge >= 0.3 is 5.97 Å². The number of morpholine rings is 1. The van der Waals surface area contributed by atoms with Crippen LogP contribution in [0, 0.1) is 6.92 Å². The molecular weight excluding hydrogens is 392 g/mol. The summed E-state index contributed by atoms with van der Waals surface area (Å²) in [4.78, 5) is 27.4. The summed E-state index contributed by atoms with van der Waals surface area (Å²) in [6.07, 6.45) is 0.737. The highest BCUT2D eigenvalue weighted by Crippen LogP contribution is 2.27. The molecule has 2 aromatic carbocycles. The molecule has 6 nitrogen and oxygen atoms in total. The third-order valence-electron chi connectivity index (χ3n) is 4.63. The maximum absolute atomic E-state index is 12.7. The number of rotatable bonds is 6. The zero-order valence-corrected chi connectivity index (χ0v) is 17.4. The Morgan fingerprint density at radius 2 is 1.90 bits per heavy atom. The molecule has 1 amide bonds. The van der Waals surface area contributed by atoms with Crippen molar-refractivity contribution in [3.05, 3.63) is 58.1 Å². The zero-order valence-electron chi connectivity index (χ0n) is 16.7. The summed E-state index contributed by atoms with van der Waals surface area (Å²) in [5.41, 5.74) is 3.06. The number of benzene rings is 2. The number of amides is 1. The number of nitrogens with one attached hydrogen (secondary N) is 1. The van der Waals surface area contributed by atoms with E-state index in [0.717, 1.165) is 17.7 Å². The monoisotopic (exact) mass is 416 g/mol.